The highest BCUT2D eigenvalue weighted by molar-refractivity contribution is 6.23. The zero-order valence-corrected chi connectivity index (χ0v) is 11.7. The summed E-state index contributed by atoms with van der Waals surface area (Å²) in [6, 6.07) is -0.950. The van der Waals surface area contributed by atoms with Crippen LogP contribution in [0, 0.1) is 5.92 Å². The van der Waals surface area contributed by atoms with Gasteiger partial charge in [-0.05, 0) is 26.0 Å². The largest absolute Gasteiger partial charge is 0.465 e. The molecule has 2 aliphatic heterocycles. The van der Waals surface area contributed by atoms with Crippen LogP contribution >= 0.6 is 0 Å². The van der Waals surface area contributed by atoms with Gasteiger partial charge in [-0.1, -0.05) is 0 Å². The fourth-order valence-corrected chi connectivity index (χ4v) is 2.24. The second-order valence-electron chi connectivity index (χ2n) is 4.42. The van der Waals surface area contributed by atoms with Crippen molar-refractivity contribution in [2.24, 2.45) is 5.92 Å². The molecule has 1 amide bonds. The predicted molar refractivity (Wildman–Crippen MR) is 69.6 cm³/mol. The Balaban J connectivity index is 2.29. The number of rotatable bonds is 4. The van der Waals surface area contributed by atoms with Crippen molar-refractivity contribution in [3.63, 3.8) is 0 Å². The van der Waals surface area contributed by atoms with Gasteiger partial charge in [0.25, 0.3) is 0 Å². The van der Waals surface area contributed by atoms with E-state index in [1.807, 2.05) is 0 Å². The van der Waals surface area contributed by atoms with Gasteiger partial charge in [-0.3, -0.25) is 19.3 Å². The van der Waals surface area contributed by atoms with Crippen molar-refractivity contribution in [2.45, 2.75) is 19.9 Å². The Morgan fingerprint density at radius 1 is 1.14 bits per heavy atom. The lowest BCUT2D eigenvalue weighted by Crippen LogP contribution is -2.50. The smallest absolute Gasteiger partial charge is 0.333 e. The van der Waals surface area contributed by atoms with Crippen LogP contribution in [0.2, 0.25) is 0 Å². The minimum Gasteiger partial charge on any atom is -0.465 e. The molecule has 0 aliphatic carbocycles. The van der Waals surface area contributed by atoms with Crippen LogP contribution in [-0.4, -0.2) is 47.8 Å². The van der Waals surface area contributed by atoms with Gasteiger partial charge in [0.05, 0.1) is 13.2 Å². The molecular weight excluding hydrogens is 278 g/mol. The molecule has 0 bridgehead atoms. The third-order valence-electron chi connectivity index (χ3n) is 3.12. The van der Waals surface area contributed by atoms with Crippen LogP contribution in [0.1, 0.15) is 13.8 Å². The standard InChI is InChI=1S/C14H15NO6/c1-3-20-13(18)9-6-5-8-7-10(16)11(12(17)15(8)9)14(19)21-4-2/h5-7,9,11H,3-4H2,1-2H3/t9-,11?/m0/s1. The maximum absolute atomic E-state index is 12.4. The first kappa shape index (κ1) is 15.0. The summed E-state index contributed by atoms with van der Waals surface area (Å²) in [6.07, 6.45) is 4.11. The fraction of sp³-hybridized carbons (Fsp3) is 0.429. The molecule has 2 heterocycles. The topological polar surface area (TPSA) is 90.0 Å². The molecule has 112 valence electrons. The summed E-state index contributed by atoms with van der Waals surface area (Å²) in [5.41, 5.74) is 0.281. The number of fused-ring (bicyclic) bond motifs is 1. The van der Waals surface area contributed by atoms with Crippen molar-refractivity contribution in [3.8, 4) is 0 Å². The molecule has 2 atom stereocenters. The Bertz CT molecular complexity index is 562. The summed E-state index contributed by atoms with van der Waals surface area (Å²) >= 11 is 0. The van der Waals surface area contributed by atoms with E-state index in [0.717, 1.165) is 4.90 Å². The van der Waals surface area contributed by atoms with E-state index in [1.54, 1.807) is 13.8 Å². The number of ketones is 1. The number of nitrogens with zero attached hydrogens (tertiary/aromatic N) is 1. The third-order valence-corrected chi connectivity index (χ3v) is 3.12. The van der Waals surface area contributed by atoms with Gasteiger partial charge in [-0.15, -0.1) is 0 Å². The van der Waals surface area contributed by atoms with Crippen molar-refractivity contribution < 1.29 is 28.7 Å². The number of esters is 2. The molecule has 0 radical (unpaired) electrons. The number of allylic oxidation sites excluding steroid dienone is 2. The number of carbonyl (C=O) groups excluding carboxylic acids is 4. The molecule has 0 aromatic carbocycles. The minimum atomic E-state index is -1.55. The molecule has 0 saturated heterocycles. The molecule has 0 spiro atoms. The van der Waals surface area contributed by atoms with Crippen LogP contribution in [0.5, 0.6) is 0 Å². The molecule has 2 aliphatic rings. The van der Waals surface area contributed by atoms with Gasteiger partial charge >= 0.3 is 11.9 Å². The van der Waals surface area contributed by atoms with Crippen molar-refractivity contribution in [2.75, 3.05) is 13.2 Å². The molecule has 21 heavy (non-hydrogen) atoms. The van der Waals surface area contributed by atoms with Crippen LogP contribution in [0.3, 0.4) is 0 Å². The van der Waals surface area contributed by atoms with E-state index in [9.17, 15) is 19.2 Å². The lowest BCUT2D eigenvalue weighted by Gasteiger charge is -2.30. The van der Waals surface area contributed by atoms with Gasteiger partial charge in [-0.2, -0.15) is 0 Å². The van der Waals surface area contributed by atoms with Crippen LogP contribution in [0.15, 0.2) is 23.9 Å². The lowest BCUT2D eigenvalue weighted by molar-refractivity contribution is -0.161. The minimum absolute atomic E-state index is 0.0615. The Morgan fingerprint density at radius 3 is 2.38 bits per heavy atom. The van der Waals surface area contributed by atoms with Crippen molar-refractivity contribution in [3.05, 3.63) is 23.9 Å². The van der Waals surface area contributed by atoms with E-state index in [0.29, 0.717) is 0 Å². The average molecular weight is 293 g/mol. The van der Waals surface area contributed by atoms with Crippen LogP contribution < -0.4 is 0 Å². The third kappa shape index (κ3) is 2.58. The average Bonchev–Trinajstić information content (AvgIpc) is 2.83. The Hall–Kier alpha value is -2.44. The van der Waals surface area contributed by atoms with E-state index in [-0.39, 0.29) is 18.9 Å². The van der Waals surface area contributed by atoms with Gasteiger partial charge in [0.1, 0.15) is 0 Å². The van der Waals surface area contributed by atoms with Gasteiger partial charge in [0.2, 0.25) is 5.91 Å². The number of carbonyl (C=O) groups is 4. The molecule has 0 aromatic heterocycles. The zero-order chi connectivity index (χ0) is 15.6. The van der Waals surface area contributed by atoms with E-state index >= 15 is 0 Å². The van der Waals surface area contributed by atoms with Crippen molar-refractivity contribution in [1.29, 1.82) is 0 Å². The van der Waals surface area contributed by atoms with E-state index < -0.39 is 35.6 Å². The molecule has 7 nitrogen and oxygen atoms in total. The first-order chi connectivity index (χ1) is 10.0. The molecule has 1 unspecified atom stereocenters. The van der Waals surface area contributed by atoms with Crippen LogP contribution in [0.25, 0.3) is 0 Å². The van der Waals surface area contributed by atoms with Crippen LogP contribution in [0.4, 0.5) is 0 Å². The van der Waals surface area contributed by atoms with Gasteiger partial charge in [0.15, 0.2) is 17.7 Å². The zero-order valence-electron chi connectivity index (χ0n) is 11.7. The second kappa shape index (κ2) is 5.90. The molecule has 0 fully saturated rings. The SMILES string of the molecule is CCOC(=O)C1C(=O)C=C2C=C[C@@H](C(=O)OCC)N2C1=O. The van der Waals surface area contributed by atoms with E-state index in [2.05, 4.69) is 0 Å². The highest BCUT2D eigenvalue weighted by atomic mass is 16.5. The Morgan fingerprint density at radius 2 is 1.76 bits per heavy atom. The Labute approximate surface area is 121 Å². The predicted octanol–water partition coefficient (Wildman–Crippen LogP) is -0.0376. The number of amides is 1. The molecule has 7 heteroatoms. The van der Waals surface area contributed by atoms with Crippen LogP contribution in [-0.2, 0) is 28.7 Å². The summed E-state index contributed by atoms with van der Waals surface area (Å²) in [6.45, 7) is 3.46. The van der Waals surface area contributed by atoms with Crippen molar-refractivity contribution >= 4 is 23.6 Å². The van der Waals surface area contributed by atoms with Gasteiger partial charge in [-0.25, -0.2) is 4.79 Å². The molecular formula is C14H15NO6. The first-order valence-electron chi connectivity index (χ1n) is 6.61. The van der Waals surface area contributed by atoms with Gasteiger partial charge < -0.3 is 9.47 Å². The number of ether oxygens (including phenoxy) is 2. The highest BCUT2D eigenvalue weighted by Gasteiger charge is 2.47. The quantitative estimate of drug-likeness (QED) is 0.534. The lowest BCUT2D eigenvalue weighted by atomic mass is 9.97. The molecule has 0 N–H and O–H groups in total. The summed E-state index contributed by atoms with van der Waals surface area (Å²) in [5, 5.41) is 0. The second-order valence-corrected chi connectivity index (χ2v) is 4.42. The fourth-order valence-electron chi connectivity index (χ4n) is 2.24. The number of hydrogen-bond acceptors (Lipinski definition) is 6. The highest BCUT2D eigenvalue weighted by Crippen LogP contribution is 2.29. The molecule has 0 aromatic rings. The normalized spacial score (nSPS) is 23.7. The van der Waals surface area contributed by atoms with Crippen molar-refractivity contribution in [1.82, 2.24) is 4.90 Å². The maximum atomic E-state index is 12.4. The molecule has 0 saturated carbocycles. The number of hydrogen-bond donors (Lipinski definition) is 0. The maximum Gasteiger partial charge on any atom is 0.333 e. The van der Waals surface area contributed by atoms with Gasteiger partial charge in [0, 0.05) is 11.8 Å². The van der Waals surface area contributed by atoms with E-state index in [4.69, 9.17) is 9.47 Å². The first-order valence-corrected chi connectivity index (χ1v) is 6.61. The summed E-state index contributed by atoms with van der Waals surface area (Å²) < 4.78 is 9.62. The summed E-state index contributed by atoms with van der Waals surface area (Å²) in [5.74, 6) is -4.47. The Kier molecular flexibility index (Phi) is 4.21. The monoisotopic (exact) mass is 293 g/mol. The molecule has 2 rings (SSSR count). The summed E-state index contributed by atoms with van der Waals surface area (Å²) in [7, 11) is 0. The summed E-state index contributed by atoms with van der Waals surface area (Å²) in [4.78, 5) is 48.9. The van der Waals surface area contributed by atoms with E-state index in [1.165, 1.54) is 18.2 Å².